The van der Waals surface area contributed by atoms with Crippen LogP contribution in [0.2, 0.25) is 0 Å². The fraction of sp³-hybridized carbons (Fsp3) is 0.455. The number of aromatic nitrogens is 3. The molecule has 1 saturated heterocycles. The number of likely N-dealkylation sites (tertiary alicyclic amines) is 1. The van der Waals surface area contributed by atoms with Crippen LogP contribution in [0.25, 0.3) is 0 Å². The molecule has 0 aromatic carbocycles. The highest BCUT2D eigenvalue weighted by Gasteiger charge is 2.24. The molecule has 1 aliphatic heterocycles. The lowest BCUT2D eigenvalue weighted by atomic mass is 10.3. The van der Waals surface area contributed by atoms with Crippen molar-refractivity contribution in [1.29, 1.82) is 0 Å². The Labute approximate surface area is 108 Å². The predicted octanol–water partition coefficient (Wildman–Crippen LogP) is 2.08. The molecule has 90 valence electrons. The summed E-state index contributed by atoms with van der Waals surface area (Å²) in [5.74, 6) is 0. The molecule has 2 aromatic heterocycles. The highest BCUT2D eigenvalue weighted by atomic mass is 79.9. The van der Waals surface area contributed by atoms with Crippen molar-refractivity contribution >= 4 is 15.9 Å². The standard InChI is InChI=1S/C11H13BrN4O/c12-10-4-13-16(6-10)11-1-2-15(7-11)5-9-3-14-17-8-9/h3-4,6,8,11H,1-2,5,7H2. The molecule has 1 fully saturated rings. The second-order valence-electron chi connectivity index (χ2n) is 4.35. The van der Waals surface area contributed by atoms with E-state index in [0.717, 1.165) is 36.1 Å². The van der Waals surface area contributed by atoms with E-state index in [2.05, 4.69) is 31.1 Å². The van der Waals surface area contributed by atoms with Gasteiger partial charge in [-0.15, -0.1) is 0 Å². The third-order valence-electron chi connectivity index (χ3n) is 3.08. The Kier molecular flexibility index (Phi) is 2.98. The first-order chi connectivity index (χ1) is 8.31. The van der Waals surface area contributed by atoms with Gasteiger partial charge < -0.3 is 4.52 Å². The summed E-state index contributed by atoms with van der Waals surface area (Å²) in [6.07, 6.45) is 8.49. The summed E-state index contributed by atoms with van der Waals surface area (Å²) < 4.78 is 7.92. The molecule has 3 heterocycles. The maximum absolute atomic E-state index is 4.84. The largest absolute Gasteiger partial charge is 0.364 e. The van der Waals surface area contributed by atoms with Crippen molar-refractivity contribution in [3.05, 3.63) is 34.9 Å². The van der Waals surface area contributed by atoms with Gasteiger partial charge in [-0.25, -0.2) is 0 Å². The summed E-state index contributed by atoms with van der Waals surface area (Å²) in [7, 11) is 0. The molecule has 0 amide bonds. The van der Waals surface area contributed by atoms with E-state index in [9.17, 15) is 0 Å². The third kappa shape index (κ3) is 2.42. The molecule has 6 heteroatoms. The quantitative estimate of drug-likeness (QED) is 0.870. The van der Waals surface area contributed by atoms with Gasteiger partial charge >= 0.3 is 0 Å². The second-order valence-corrected chi connectivity index (χ2v) is 5.26. The molecule has 0 aliphatic carbocycles. The van der Waals surface area contributed by atoms with Gasteiger partial charge in [0.1, 0.15) is 6.26 Å². The van der Waals surface area contributed by atoms with E-state index < -0.39 is 0 Å². The van der Waals surface area contributed by atoms with Crippen LogP contribution >= 0.6 is 15.9 Å². The summed E-state index contributed by atoms with van der Waals surface area (Å²) in [6.45, 7) is 3.02. The molecule has 1 aliphatic rings. The fourth-order valence-electron chi connectivity index (χ4n) is 2.25. The lowest BCUT2D eigenvalue weighted by Gasteiger charge is -2.14. The smallest absolute Gasteiger partial charge is 0.128 e. The van der Waals surface area contributed by atoms with Gasteiger partial charge in [-0.1, -0.05) is 5.16 Å². The lowest BCUT2D eigenvalue weighted by Crippen LogP contribution is -2.21. The number of rotatable bonds is 3. The molecule has 2 aromatic rings. The van der Waals surface area contributed by atoms with Gasteiger partial charge in [0.15, 0.2) is 0 Å². The maximum Gasteiger partial charge on any atom is 0.128 e. The number of halogens is 1. The average molecular weight is 297 g/mol. The average Bonchev–Trinajstić information content (AvgIpc) is 2.99. The van der Waals surface area contributed by atoms with E-state index in [1.165, 1.54) is 0 Å². The Balaban J connectivity index is 1.62. The van der Waals surface area contributed by atoms with E-state index in [0.29, 0.717) is 6.04 Å². The minimum Gasteiger partial charge on any atom is -0.364 e. The molecule has 0 bridgehead atoms. The zero-order valence-corrected chi connectivity index (χ0v) is 10.9. The summed E-state index contributed by atoms with van der Waals surface area (Å²) in [4.78, 5) is 2.40. The fourth-order valence-corrected chi connectivity index (χ4v) is 2.55. The van der Waals surface area contributed by atoms with Crippen LogP contribution in [0.15, 0.2) is 33.8 Å². The van der Waals surface area contributed by atoms with Crippen LogP contribution in [-0.2, 0) is 6.54 Å². The third-order valence-corrected chi connectivity index (χ3v) is 3.49. The second kappa shape index (κ2) is 4.62. The van der Waals surface area contributed by atoms with Gasteiger partial charge in [0.25, 0.3) is 0 Å². The summed E-state index contributed by atoms with van der Waals surface area (Å²) in [6, 6.07) is 0.473. The van der Waals surface area contributed by atoms with Gasteiger partial charge in [-0.3, -0.25) is 9.58 Å². The zero-order valence-electron chi connectivity index (χ0n) is 9.29. The normalized spacial score (nSPS) is 21.1. The van der Waals surface area contributed by atoms with E-state index in [1.54, 1.807) is 12.5 Å². The number of hydrogen-bond donors (Lipinski definition) is 0. The molecule has 0 N–H and O–H groups in total. The van der Waals surface area contributed by atoms with Crippen molar-refractivity contribution in [2.45, 2.75) is 19.0 Å². The molecule has 17 heavy (non-hydrogen) atoms. The minimum atomic E-state index is 0.473. The van der Waals surface area contributed by atoms with Crippen LogP contribution in [0.5, 0.6) is 0 Å². The molecular formula is C11H13BrN4O. The Morgan fingerprint density at radius 2 is 2.41 bits per heavy atom. The van der Waals surface area contributed by atoms with Crippen LogP contribution in [-0.4, -0.2) is 32.9 Å². The first-order valence-electron chi connectivity index (χ1n) is 5.61. The van der Waals surface area contributed by atoms with Crippen LogP contribution in [0.3, 0.4) is 0 Å². The SMILES string of the molecule is Brc1cnn(C2CCN(Cc3cnoc3)C2)c1. The van der Waals surface area contributed by atoms with Crippen LogP contribution < -0.4 is 0 Å². The highest BCUT2D eigenvalue weighted by molar-refractivity contribution is 9.10. The van der Waals surface area contributed by atoms with Gasteiger partial charge in [0.2, 0.25) is 0 Å². The van der Waals surface area contributed by atoms with Crippen LogP contribution in [0.4, 0.5) is 0 Å². The van der Waals surface area contributed by atoms with E-state index >= 15 is 0 Å². The molecule has 3 rings (SSSR count). The molecular weight excluding hydrogens is 284 g/mol. The predicted molar refractivity (Wildman–Crippen MR) is 65.4 cm³/mol. The van der Waals surface area contributed by atoms with Gasteiger partial charge in [-0.05, 0) is 22.4 Å². The lowest BCUT2D eigenvalue weighted by molar-refractivity contribution is 0.310. The Morgan fingerprint density at radius 1 is 1.47 bits per heavy atom. The highest BCUT2D eigenvalue weighted by Crippen LogP contribution is 2.23. The molecule has 5 nitrogen and oxygen atoms in total. The molecule has 0 radical (unpaired) electrons. The van der Waals surface area contributed by atoms with Crippen molar-refractivity contribution < 1.29 is 4.52 Å². The van der Waals surface area contributed by atoms with E-state index in [4.69, 9.17) is 4.52 Å². The van der Waals surface area contributed by atoms with Gasteiger partial charge in [-0.2, -0.15) is 5.10 Å². The molecule has 1 unspecified atom stereocenters. The van der Waals surface area contributed by atoms with Crippen molar-refractivity contribution in [3.8, 4) is 0 Å². The Bertz CT molecular complexity index is 481. The summed E-state index contributed by atoms with van der Waals surface area (Å²) in [5, 5.41) is 8.06. The summed E-state index contributed by atoms with van der Waals surface area (Å²) >= 11 is 3.43. The summed E-state index contributed by atoms with van der Waals surface area (Å²) in [5.41, 5.74) is 1.13. The maximum atomic E-state index is 4.84. The van der Waals surface area contributed by atoms with E-state index in [1.807, 2.05) is 17.1 Å². The zero-order chi connectivity index (χ0) is 11.7. The van der Waals surface area contributed by atoms with E-state index in [-0.39, 0.29) is 0 Å². The van der Waals surface area contributed by atoms with Crippen molar-refractivity contribution in [3.63, 3.8) is 0 Å². The van der Waals surface area contributed by atoms with Crippen molar-refractivity contribution in [1.82, 2.24) is 19.8 Å². The topological polar surface area (TPSA) is 47.1 Å². The van der Waals surface area contributed by atoms with Crippen molar-refractivity contribution in [2.24, 2.45) is 0 Å². The minimum absolute atomic E-state index is 0.473. The molecule has 0 saturated carbocycles. The number of nitrogens with zero attached hydrogens (tertiary/aromatic N) is 4. The van der Waals surface area contributed by atoms with Crippen molar-refractivity contribution in [2.75, 3.05) is 13.1 Å². The first kappa shape index (κ1) is 11.0. The first-order valence-corrected chi connectivity index (χ1v) is 6.41. The molecule has 1 atom stereocenters. The number of hydrogen-bond acceptors (Lipinski definition) is 4. The Morgan fingerprint density at radius 3 is 3.12 bits per heavy atom. The van der Waals surface area contributed by atoms with Gasteiger partial charge in [0.05, 0.1) is 22.9 Å². The van der Waals surface area contributed by atoms with Crippen LogP contribution in [0, 0.1) is 0 Å². The van der Waals surface area contributed by atoms with Crippen LogP contribution in [0.1, 0.15) is 18.0 Å². The Hall–Kier alpha value is -1.14. The molecule has 0 spiro atoms. The van der Waals surface area contributed by atoms with Gasteiger partial charge in [0, 0.05) is 31.4 Å². The monoisotopic (exact) mass is 296 g/mol.